The number of aryl methyl sites for hydroxylation is 1. The number of hydrogen-bond donors (Lipinski definition) is 0. The van der Waals surface area contributed by atoms with Gasteiger partial charge in [-0.1, -0.05) is 18.2 Å². The van der Waals surface area contributed by atoms with Gasteiger partial charge in [-0.3, -0.25) is 9.78 Å². The fraction of sp³-hybridized carbons (Fsp3) is 0.182. The molecule has 0 N–H and O–H groups in total. The number of nitriles is 1. The van der Waals surface area contributed by atoms with Crippen molar-refractivity contribution in [1.29, 1.82) is 5.26 Å². The number of pyridine rings is 1. The number of aromatic nitrogens is 1. The molecule has 0 spiro atoms. The van der Waals surface area contributed by atoms with Crippen LogP contribution in [0, 0.1) is 18.3 Å². The van der Waals surface area contributed by atoms with Crippen molar-refractivity contribution < 1.29 is 9.53 Å². The molecule has 26 heavy (non-hydrogen) atoms. The quantitative estimate of drug-likeness (QED) is 0.820. The van der Waals surface area contributed by atoms with Crippen molar-refractivity contribution in [2.24, 2.45) is 0 Å². The molecule has 4 heteroatoms. The number of ketones is 1. The Bertz CT molecular complexity index is 949. The maximum atomic E-state index is 12.4. The van der Waals surface area contributed by atoms with Gasteiger partial charge < -0.3 is 4.74 Å². The third-order valence-corrected chi connectivity index (χ3v) is 4.48. The molecule has 0 unspecified atom stereocenters. The van der Waals surface area contributed by atoms with Gasteiger partial charge in [-0.15, -0.1) is 0 Å². The normalized spacial score (nSPS) is 14.0. The Morgan fingerprint density at radius 2 is 2.12 bits per heavy atom. The van der Waals surface area contributed by atoms with E-state index in [1.54, 1.807) is 19.4 Å². The SMILES string of the molecule is [CH2]C1=C(CCc2cccc(OC)c2)C=C(c2cncc(C#N)c2)CC1=O. The molecule has 1 aromatic heterocycles. The van der Waals surface area contributed by atoms with E-state index in [0.29, 0.717) is 17.6 Å². The lowest BCUT2D eigenvalue weighted by molar-refractivity contribution is -0.114. The third kappa shape index (κ3) is 3.89. The van der Waals surface area contributed by atoms with Gasteiger partial charge in [0.25, 0.3) is 0 Å². The summed E-state index contributed by atoms with van der Waals surface area (Å²) in [6.07, 6.45) is 7.01. The number of methoxy groups -OCH3 is 1. The van der Waals surface area contributed by atoms with Crippen molar-refractivity contribution in [2.75, 3.05) is 7.11 Å². The summed E-state index contributed by atoms with van der Waals surface area (Å²) < 4.78 is 5.26. The van der Waals surface area contributed by atoms with Gasteiger partial charge in [0.05, 0.1) is 12.7 Å². The van der Waals surface area contributed by atoms with E-state index in [1.807, 2.05) is 30.3 Å². The average Bonchev–Trinajstić information content (AvgIpc) is 2.69. The summed E-state index contributed by atoms with van der Waals surface area (Å²) in [7, 11) is 1.65. The molecule has 0 bridgehead atoms. The van der Waals surface area contributed by atoms with Crippen LogP contribution in [0.5, 0.6) is 5.75 Å². The summed E-state index contributed by atoms with van der Waals surface area (Å²) in [4.78, 5) is 16.5. The minimum absolute atomic E-state index is 0.0190. The highest BCUT2D eigenvalue weighted by Crippen LogP contribution is 2.30. The molecule has 3 rings (SSSR count). The number of benzene rings is 1. The first-order valence-electron chi connectivity index (χ1n) is 8.38. The zero-order valence-electron chi connectivity index (χ0n) is 14.7. The summed E-state index contributed by atoms with van der Waals surface area (Å²) in [5.74, 6) is 0.840. The molecule has 1 radical (unpaired) electrons. The molecule has 0 saturated carbocycles. The number of rotatable bonds is 5. The molecule has 1 aliphatic rings. The van der Waals surface area contributed by atoms with Crippen LogP contribution in [-0.2, 0) is 11.2 Å². The zero-order chi connectivity index (χ0) is 18.5. The summed E-state index contributed by atoms with van der Waals surface area (Å²) in [6.45, 7) is 3.96. The Balaban J connectivity index is 1.84. The topological polar surface area (TPSA) is 63.0 Å². The van der Waals surface area contributed by atoms with E-state index in [1.165, 1.54) is 6.20 Å². The molecule has 0 fully saturated rings. The van der Waals surface area contributed by atoms with Gasteiger partial charge in [0.2, 0.25) is 0 Å². The molecule has 1 heterocycles. The van der Waals surface area contributed by atoms with Crippen molar-refractivity contribution in [2.45, 2.75) is 19.3 Å². The minimum Gasteiger partial charge on any atom is -0.497 e. The van der Waals surface area contributed by atoms with Crippen LogP contribution in [0.4, 0.5) is 0 Å². The largest absolute Gasteiger partial charge is 0.497 e. The van der Waals surface area contributed by atoms with E-state index >= 15 is 0 Å². The van der Waals surface area contributed by atoms with E-state index in [0.717, 1.165) is 34.4 Å². The Labute approximate surface area is 153 Å². The first kappa shape index (κ1) is 17.6. The first-order chi connectivity index (χ1) is 12.6. The van der Waals surface area contributed by atoms with E-state index in [9.17, 15) is 4.79 Å². The lowest BCUT2D eigenvalue weighted by atomic mass is 9.86. The predicted octanol–water partition coefficient (Wildman–Crippen LogP) is 4.08. The van der Waals surface area contributed by atoms with Gasteiger partial charge in [-0.05, 0) is 65.8 Å². The van der Waals surface area contributed by atoms with Gasteiger partial charge in [0.1, 0.15) is 11.8 Å². The fourth-order valence-corrected chi connectivity index (χ4v) is 3.00. The smallest absolute Gasteiger partial charge is 0.163 e. The number of carbonyl (C=O) groups excluding carboxylic acids is 1. The fourth-order valence-electron chi connectivity index (χ4n) is 3.00. The Kier molecular flexibility index (Phi) is 5.28. The third-order valence-electron chi connectivity index (χ3n) is 4.48. The standard InChI is InChI=1S/C22H19N2O2/c1-15-18(7-6-16-4-3-5-21(9-16)26-2)10-19(11-22(15)25)20-8-17(12-23)13-24-14-20/h3-5,8-10,13-14H,1,6-7,11H2,2H3. The number of hydrogen-bond acceptors (Lipinski definition) is 4. The lowest BCUT2D eigenvalue weighted by Crippen LogP contribution is -2.10. The summed E-state index contributed by atoms with van der Waals surface area (Å²) >= 11 is 0. The maximum absolute atomic E-state index is 12.4. The van der Waals surface area contributed by atoms with Crippen molar-refractivity contribution in [3.8, 4) is 11.8 Å². The molecular formula is C22H19N2O2. The van der Waals surface area contributed by atoms with Gasteiger partial charge in [-0.2, -0.15) is 5.26 Å². The molecule has 0 aliphatic heterocycles. The second-order valence-electron chi connectivity index (χ2n) is 6.20. The lowest BCUT2D eigenvalue weighted by Gasteiger charge is -2.17. The molecule has 0 atom stereocenters. The Hall–Kier alpha value is -3.19. The predicted molar refractivity (Wildman–Crippen MR) is 100 cm³/mol. The molecule has 2 aromatic rings. The van der Waals surface area contributed by atoms with E-state index < -0.39 is 0 Å². The molecule has 129 valence electrons. The zero-order valence-corrected chi connectivity index (χ0v) is 14.7. The highest BCUT2D eigenvalue weighted by atomic mass is 16.5. The molecular weight excluding hydrogens is 324 g/mol. The molecule has 4 nitrogen and oxygen atoms in total. The molecule has 0 saturated heterocycles. The van der Waals surface area contributed by atoms with E-state index in [2.05, 4.69) is 18.0 Å². The van der Waals surface area contributed by atoms with Gasteiger partial charge >= 0.3 is 0 Å². The molecule has 0 amide bonds. The second-order valence-corrected chi connectivity index (χ2v) is 6.20. The van der Waals surface area contributed by atoms with Crippen LogP contribution in [0.25, 0.3) is 5.57 Å². The molecule has 1 aromatic carbocycles. The summed E-state index contributed by atoms with van der Waals surface area (Å²) in [5, 5.41) is 9.05. The number of ether oxygens (including phenoxy) is 1. The number of Topliss-reactive ketones (excluding diaryl/α,β-unsaturated/α-hetero) is 1. The van der Waals surface area contributed by atoms with Gasteiger partial charge in [0, 0.05) is 18.8 Å². The van der Waals surface area contributed by atoms with Crippen LogP contribution in [0.15, 0.2) is 59.9 Å². The van der Waals surface area contributed by atoms with Gasteiger partial charge in [0.15, 0.2) is 5.78 Å². The monoisotopic (exact) mass is 343 g/mol. The van der Waals surface area contributed by atoms with Gasteiger partial charge in [-0.25, -0.2) is 0 Å². The first-order valence-corrected chi connectivity index (χ1v) is 8.38. The van der Waals surface area contributed by atoms with Crippen molar-refractivity contribution >= 4 is 11.4 Å². The maximum Gasteiger partial charge on any atom is 0.163 e. The van der Waals surface area contributed by atoms with Crippen LogP contribution in [0.2, 0.25) is 0 Å². The number of nitrogens with zero attached hydrogens (tertiary/aromatic N) is 2. The second kappa shape index (κ2) is 7.79. The highest BCUT2D eigenvalue weighted by Gasteiger charge is 2.19. The highest BCUT2D eigenvalue weighted by molar-refractivity contribution is 6.06. The van der Waals surface area contributed by atoms with Crippen LogP contribution in [0.1, 0.15) is 29.5 Å². The minimum atomic E-state index is 0.0190. The van der Waals surface area contributed by atoms with Crippen LogP contribution >= 0.6 is 0 Å². The Morgan fingerprint density at radius 3 is 2.88 bits per heavy atom. The van der Waals surface area contributed by atoms with Crippen LogP contribution < -0.4 is 4.74 Å². The van der Waals surface area contributed by atoms with Crippen LogP contribution in [-0.4, -0.2) is 17.9 Å². The van der Waals surface area contributed by atoms with Crippen molar-refractivity contribution in [3.63, 3.8) is 0 Å². The average molecular weight is 343 g/mol. The van der Waals surface area contributed by atoms with E-state index in [-0.39, 0.29) is 12.2 Å². The summed E-state index contributed by atoms with van der Waals surface area (Å²) in [6, 6.07) is 11.8. The van der Waals surface area contributed by atoms with Crippen molar-refractivity contribution in [3.05, 3.63) is 83.6 Å². The molecule has 1 aliphatic carbocycles. The Morgan fingerprint density at radius 1 is 1.27 bits per heavy atom. The van der Waals surface area contributed by atoms with E-state index in [4.69, 9.17) is 10.00 Å². The number of allylic oxidation sites excluding steroid dienone is 4. The summed E-state index contributed by atoms with van der Waals surface area (Å²) in [5.41, 5.74) is 4.82. The van der Waals surface area contributed by atoms with Crippen molar-refractivity contribution in [1.82, 2.24) is 4.98 Å². The van der Waals surface area contributed by atoms with Crippen LogP contribution in [0.3, 0.4) is 0 Å². The number of carbonyl (C=O) groups is 1.